The van der Waals surface area contributed by atoms with Crippen molar-refractivity contribution in [3.05, 3.63) is 90.7 Å². The molecule has 0 aliphatic heterocycles. The molecule has 1 aromatic rings. The minimum Gasteiger partial charge on any atom is -0.318 e. The van der Waals surface area contributed by atoms with Gasteiger partial charge in [0, 0.05) is 13.1 Å². The Morgan fingerprint density at radius 3 is 2.48 bits per heavy atom. The Labute approximate surface area is 127 Å². The van der Waals surface area contributed by atoms with Crippen LogP contribution in [0, 0.1) is 0 Å². The van der Waals surface area contributed by atoms with Crippen molar-refractivity contribution < 1.29 is 0 Å². The number of hydrogen-bond acceptors (Lipinski definition) is 2. The summed E-state index contributed by atoms with van der Waals surface area (Å²) in [4.78, 5) is 0. The molecule has 0 saturated heterocycles. The first-order valence-electron chi connectivity index (χ1n) is 7.19. The highest BCUT2D eigenvalue weighted by Crippen LogP contribution is 2.21. The molecule has 0 aromatic heterocycles. The lowest BCUT2D eigenvalue weighted by atomic mass is 10.0. The highest BCUT2D eigenvalue weighted by Gasteiger charge is 2.10. The molecular weight excluding hydrogens is 256 g/mol. The van der Waals surface area contributed by atoms with Crippen LogP contribution in [-0.2, 0) is 0 Å². The molecule has 1 aromatic carbocycles. The maximum Gasteiger partial charge on any atom is 0.0525 e. The monoisotopic (exact) mass is 278 g/mol. The number of nitrogens with zero attached hydrogens (tertiary/aromatic N) is 1. The second-order valence-electron chi connectivity index (χ2n) is 4.89. The molecular formula is C19H22N2. The minimum atomic E-state index is 0.770. The second-order valence-corrected chi connectivity index (χ2v) is 4.89. The normalized spacial score (nSPS) is 15.9. The number of nitrogens with one attached hydrogen (secondary N) is 1. The van der Waals surface area contributed by atoms with E-state index in [-0.39, 0.29) is 0 Å². The number of rotatable bonds is 7. The smallest absolute Gasteiger partial charge is 0.0525 e. The largest absolute Gasteiger partial charge is 0.318 e. The molecule has 0 amide bonds. The third-order valence-electron chi connectivity index (χ3n) is 3.20. The Morgan fingerprint density at radius 2 is 1.81 bits per heavy atom. The summed E-state index contributed by atoms with van der Waals surface area (Å²) in [5, 5.41) is 2.09. The second kappa shape index (κ2) is 8.08. The zero-order valence-electron chi connectivity index (χ0n) is 12.3. The maximum absolute atomic E-state index is 3.80. The molecule has 1 N–H and O–H groups in total. The highest BCUT2D eigenvalue weighted by atomic mass is 15.5. The van der Waals surface area contributed by atoms with E-state index >= 15 is 0 Å². The van der Waals surface area contributed by atoms with Crippen LogP contribution in [-0.4, -0.2) is 18.1 Å². The van der Waals surface area contributed by atoms with E-state index in [1.54, 1.807) is 0 Å². The van der Waals surface area contributed by atoms with Crippen molar-refractivity contribution in [1.82, 2.24) is 10.4 Å². The molecule has 0 bridgehead atoms. The molecule has 0 fully saturated rings. The number of hydrogen-bond donors (Lipinski definition) is 1. The van der Waals surface area contributed by atoms with Gasteiger partial charge in [0.05, 0.1) is 5.70 Å². The summed E-state index contributed by atoms with van der Waals surface area (Å²) in [5.41, 5.74) is 7.09. The van der Waals surface area contributed by atoms with E-state index in [0.717, 1.165) is 25.2 Å². The molecule has 0 spiro atoms. The fraction of sp³-hybridized carbons (Fsp3) is 0.158. The van der Waals surface area contributed by atoms with Crippen LogP contribution in [0.15, 0.2) is 85.1 Å². The number of hydrazine groups is 1. The van der Waals surface area contributed by atoms with Gasteiger partial charge in [0.2, 0.25) is 0 Å². The minimum absolute atomic E-state index is 0.770. The van der Waals surface area contributed by atoms with Crippen LogP contribution in [0.25, 0.3) is 6.08 Å². The van der Waals surface area contributed by atoms with Crippen LogP contribution in [0.5, 0.6) is 0 Å². The van der Waals surface area contributed by atoms with Crippen molar-refractivity contribution in [3.63, 3.8) is 0 Å². The van der Waals surface area contributed by atoms with Gasteiger partial charge in [-0.15, -0.1) is 13.2 Å². The lowest BCUT2D eigenvalue weighted by Crippen LogP contribution is -2.38. The molecule has 21 heavy (non-hydrogen) atoms. The fourth-order valence-corrected chi connectivity index (χ4v) is 2.22. The van der Waals surface area contributed by atoms with E-state index in [1.807, 2.05) is 18.2 Å². The van der Waals surface area contributed by atoms with Gasteiger partial charge in [-0.25, -0.2) is 5.01 Å². The molecule has 2 heteroatoms. The fourth-order valence-electron chi connectivity index (χ4n) is 2.22. The van der Waals surface area contributed by atoms with Crippen molar-refractivity contribution in [1.29, 1.82) is 0 Å². The van der Waals surface area contributed by atoms with Gasteiger partial charge < -0.3 is 5.43 Å². The third kappa shape index (κ3) is 4.62. The Morgan fingerprint density at radius 1 is 1.10 bits per heavy atom. The summed E-state index contributed by atoms with van der Waals surface area (Å²) < 4.78 is 0. The lowest BCUT2D eigenvalue weighted by Gasteiger charge is -2.25. The zero-order chi connectivity index (χ0) is 14.9. The van der Waals surface area contributed by atoms with Gasteiger partial charge >= 0.3 is 0 Å². The molecule has 1 aliphatic rings. The zero-order valence-corrected chi connectivity index (χ0v) is 12.3. The summed E-state index contributed by atoms with van der Waals surface area (Å²) in [6.45, 7) is 9.14. The van der Waals surface area contributed by atoms with E-state index in [4.69, 9.17) is 0 Å². The molecule has 1 aliphatic carbocycles. The van der Waals surface area contributed by atoms with Gasteiger partial charge in [-0.05, 0) is 29.7 Å². The Kier molecular flexibility index (Phi) is 5.80. The van der Waals surface area contributed by atoms with E-state index in [1.165, 1.54) is 11.1 Å². The summed E-state index contributed by atoms with van der Waals surface area (Å²) >= 11 is 0. The predicted octanol–water partition coefficient (Wildman–Crippen LogP) is 4.09. The van der Waals surface area contributed by atoms with Crippen molar-refractivity contribution >= 4 is 6.08 Å². The predicted molar refractivity (Wildman–Crippen MR) is 91.4 cm³/mol. The average Bonchev–Trinajstić information content (AvgIpc) is 2.51. The van der Waals surface area contributed by atoms with E-state index in [9.17, 15) is 0 Å². The Bertz CT molecular complexity index is 554. The van der Waals surface area contributed by atoms with Gasteiger partial charge in [0.15, 0.2) is 0 Å². The molecule has 0 saturated carbocycles. The molecule has 0 radical (unpaired) electrons. The summed E-state index contributed by atoms with van der Waals surface area (Å²) in [6, 6.07) is 10.4. The first kappa shape index (κ1) is 15.1. The van der Waals surface area contributed by atoms with Crippen molar-refractivity contribution in [2.24, 2.45) is 0 Å². The molecule has 0 heterocycles. The summed E-state index contributed by atoms with van der Waals surface area (Å²) in [5.74, 6) is 0. The maximum atomic E-state index is 3.80. The van der Waals surface area contributed by atoms with Crippen LogP contribution in [0.3, 0.4) is 0 Å². The molecule has 2 rings (SSSR count). The summed E-state index contributed by atoms with van der Waals surface area (Å²) in [6.07, 6.45) is 13.3. The number of allylic oxidation sites excluding steroid dienone is 4. The van der Waals surface area contributed by atoms with Crippen LogP contribution in [0.1, 0.15) is 12.0 Å². The first-order chi connectivity index (χ1) is 10.3. The Hall–Kier alpha value is -2.32. The number of benzene rings is 1. The van der Waals surface area contributed by atoms with Crippen molar-refractivity contribution in [2.75, 3.05) is 13.1 Å². The molecule has 2 nitrogen and oxygen atoms in total. The quantitative estimate of drug-likeness (QED) is 0.597. The van der Waals surface area contributed by atoms with Gasteiger partial charge in [-0.1, -0.05) is 54.6 Å². The first-order valence-corrected chi connectivity index (χ1v) is 7.19. The van der Waals surface area contributed by atoms with Gasteiger partial charge in [0.1, 0.15) is 0 Å². The molecule has 0 unspecified atom stereocenters. The van der Waals surface area contributed by atoms with E-state index < -0.39 is 0 Å². The van der Waals surface area contributed by atoms with E-state index in [0.29, 0.717) is 0 Å². The SMILES string of the molecule is C=CCN(CC=C)NC1=CC=CCC1=Cc1ccccc1. The van der Waals surface area contributed by atoms with Crippen LogP contribution in [0.2, 0.25) is 0 Å². The standard InChI is InChI=1S/C19H22N2/c1-3-14-21(15-4-2)20-19-13-9-8-12-18(19)16-17-10-6-5-7-11-17/h3-11,13,16,20H,1-2,12,14-15H2. The van der Waals surface area contributed by atoms with Gasteiger partial charge in [0.25, 0.3) is 0 Å². The van der Waals surface area contributed by atoms with Crippen LogP contribution in [0.4, 0.5) is 0 Å². The van der Waals surface area contributed by atoms with Gasteiger partial charge in [-0.3, -0.25) is 0 Å². The highest BCUT2D eigenvalue weighted by molar-refractivity contribution is 5.59. The van der Waals surface area contributed by atoms with E-state index in [2.05, 4.69) is 72.2 Å². The van der Waals surface area contributed by atoms with Crippen molar-refractivity contribution in [3.8, 4) is 0 Å². The summed E-state index contributed by atoms with van der Waals surface area (Å²) in [7, 11) is 0. The molecule has 0 atom stereocenters. The van der Waals surface area contributed by atoms with Gasteiger partial charge in [-0.2, -0.15) is 0 Å². The lowest BCUT2D eigenvalue weighted by molar-refractivity contribution is 0.265. The van der Waals surface area contributed by atoms with Crippen molar-refractivity contribution in [2.45, 2.75) is 6.42 Å². The van der Waals surface area contributed by atoms with Crippen LogP contribution >= 0.6 is 0 Å². The Balaban J connectivity index is 2.16. The van der Waals surface area contributed by atoms with Crippen LogP contribution < -0.4 is 5.43 Å². The third-order valence-corrected chi connectivity index (χ3v) is 3.20. The average molecular weight is 278 g/mol. The molecule has 108 valence electrons. The topological polar surface area (TPSA) is 15.3 Å².